The zero-order valence-electron chi connectivity index (χ0n) is 14.4. The molecule has 2 fully saturated rings. The molecule has 0 aromatic rings. The summed E-state index contributed by atoms with van der Waals surface area (Å²) in [5, 5.41) is 12.0. The van der Waals surface area contributed by atoms with Gasteiger partial charge in [0.15, 0.2) is 0 Å². The number of likely N-dealkylation sites (tertiary alicyclic amines) is 1. The van der Waals surface area contributed by atoms with E-state index in [1.165, 1.54) is 0 Å². The van der Waals surface area contributed by atoms with E-state index in [1.54, 1.807) is 7.11 Å². The van der Waals surface area contributed by atoms with Crippen LogP contribution in [0.4, 0.5) is 4.79 Å². The van der Waals surface area contributed by atoms with Crippen molar-refractivity contribution in [3.8, 4) is 0 Å². The molecule has 2 aliphatic rings. The fraction of sp³-hybridized carbons (Fsp3) is 0.875. The molecule has 1 unspecified atom stereocenters. The Morgan fingerprint density at radius 2 is 2.13 bits per heavy atom. The number of nitrogens with one attached hydrogen (secondary N) is 1. The summed E-state index contributed by atoms with van der Waals surface area (Å²) in [5.41, 5.74) is -0.252. The Balaban J connectivity index is 1.76. The minimum atomic E-state index is -0.800. The summed E-state index contributed by atoms with van der Waals surface area (Å²) in [7, 11) is 1.69. The lowest BCUT2D eigenvalue weighted by molar-refractivity contribution is -0.139. The second-order valence-corrected chi connectivity index (χ2v) is 6.91. The normalized spacial score (nSPS) is 30.9. The average molecular weight is 327 g/mol. The number of nitrogens with zero attached hydrogens (tertiary/aromatic N) is 2. The van der Waals surface area contributed by atoms with Gasteiger partial charge < -0.3 is 20.1 Å². The largest absolute Gasteiger partial charge is 0.480 e. The molecule has 1 atom stereocenters. The first kappa shape index (κ1) is 18.0. The molecule has 1 heterocycles. The van der Waals surface area contributed by atoms with Gasteiger partial charge >= 0.3 is 12.0 Å². The van der Waals surface area contributed by atoms with E-state index in [4.69, 9.17) is 9.84 Å². The molecule has 2 rings (SSSR count). The van der Waals surface area contributed by atoms with Crippen LogP contribution in [0.5, 0.6) is 0 Å². The molecule has 2 amide bonds. The van der Waals surface area contributed by atoms with Gasteiger partial charge in [-0.25, -0.2) is 4.79 Å². The highest BCUT2D eigenvalue weighted by molar-refractivity contribution is 5.75. The minimum absolute atomic E-state index is 0.0299. The summed E-state index contributed by atoms with van der Waals surface area (Å²) in [6.07, 6.45) is 3.57. The molecule has 0 radical (unpaired) electrons. The smallest absolute Gasteiger partial charge is 0.317 e. The number of likely N-dealkylation sites (N-methyl/N-ethyl adjacent to an activating group) is 1. The van der Waals surface area contributed by atoms with E-state index in [2.05, 4.69) is 5.32 Å². The van der Waals surface area contributed by atoms with Gasteiger partial charge in [-0.15, -0.1) is 0 Å². The van der Waals surface area contributed by atoms with Crippen LogP contribution in [0.1, 0.15) is 39.5 Å². The van der Waals surface area contributed by atoms with Crippen molar-refractivity contribution in [2.24, 2.45) is 0 Å². The molecule has 0 bridgehead atoms. The van der Waals surface area contributed by atoms with Gasteiger partial charge in [-0.3, -0.25) is 9.69 Å². The molecule has 1 saturated carbocycles. The molecular weight excluding hydrogens is 298 g/mol. The first-order chi connectivity index (χ1) is 10.9. The molecule has 1 aliphatic heterocycles. The van der Waals surface area contributed by atoms with E-state index in [9.17, 15) is 9.59 Å². The van der Waals surface area contributed by atoms with Gasteiger partial charge in [0, 0.05) is 25.7 Å². The van der Waals surface area contributed by atoms with E-state index in [1.807, 2.05) is 23.6 Å². The molecule has 7 nitrogen and oxygen atoms in total. The maximum atomic E-state index is 12.4. The SMILES string of the molecule is CCN(CC(=O)O)C1CC(NC(=O)N2CCCC(C)(OC)C2)C1. The predicted octanol–water partition coefficient (Wildman–Crippen LogP) is 1.13. The first-order valence-electron chi connectivity index (χ1n) is 8.43. The first-order valence-corrected chi connectivity index (χ1v) is 8.43. The summed E-state index contributed by atoms with van der Waals surface area (Å²) in [5.74, 6) is -0.800. The van der Waals surface area contributed by atoms with E-state index >= 15 is 0 Å². The van der Waals surface area contributed by atoms with Crippen LogP contribution in [0, 0.1) is 0 Å². The van der Waals surface area contributed by atoms with Crippen molar-refractivity contribution in [3.05, 3.63) is 0 Å². The topological polar surface area (TPSA) is 82.1 Å². The van der Waals surface area contributed by atoms with E-state index in [-0.39, 0.29) is 30.3 Å². The quantitative estimate of drug-likeness (QED) is 0.764. The van der Waals surface area contributed by atoms with Gasteiger partial charge in [0.2, 0.25) is 0 Å². The number of urea groups is 1. The zero-order chi connectivity index (χ0) is 17.0. The number of ether oxygens (including phenoxy) is 1. The van der Waals surface area contributed by atoms with Crippen molar-refractivity contribution in [2.75, 3.05) is 33.3 Å². The second-order valence-electron chi connectivity index (χ2n) is 6.91. The third-order valence-corrected chi connectivity index (χ3v) is 5.14. The standard InChI is InChI=1S/C16H29N3O4/c1-4-18(10-14(20)21)13-8-12(9-13)17-15(22)19-7-5-6-16(2,11-19)23-3/h12-13H,4-11H2,1-3H3,(H,17,22)(H,20,21). The molecule has 1 aliphatic carbocycles. The molecule has 0 aromatic heterocycles. The maximum Gasteiger partial charge on any atom is 0.317 e. The maximum absolute atomic E-state index is 12.4. The van der Waals surface area contributed by atoms with Crippen LogP contribution in [-0.4, -0.2) is 77.9 Å². The number of carboxylic acid groups (broad SMARTS) is 1. The lowest BCUT2D eigenvalue weighted by Gasteiger charge is -2.44. The van der Waals surface area contributed by atoms with Gasteiger partial charge in [0.05, 0.1) is 18.7 Å². The van der Waals surface area contributed by atoms with E-state index in [0.717, 1.165) is 38.8 Å². The third-order valence-electron chi connectivity index (χ3n) is 5.14. The monoisotopic (exact) mass is 327 g/mol. The fourth-order valence-electron chi connectivity index (χ4n) is 3.49. The third kappa shape index (κ3) is 4.57. The zero-order valence-corrected chi connectivity index (χ0v) is 14.4. The van der Waals surface area contributed by atoms with Crippen LogP contribution in [0.2, 0.25) is 0 Å². The highest BCUT2D eigenvalue weighted by atomic mass is 16.5. The predicted molar refractivity (Wildman–Crippen MR) is 86.4 cm³/mol. The lowest BCUT2D eigenvalue weighted by atomic mass is 9.85. The number of methoxy groups -OCH3 is 1. The van der Waals surface area contributed by atoms with Gasteiger partial charge in [0.1, 0.15) is 0 Å². The Labute approximate surface area is 138 Å². The summed E-state index contributed by atoms with van der Waals surface area (Å²) in [6.45, 7) is 6.17. The highest BCUT2D eigenvalue weighted by Crippen LogP contribution is 2.27. The molecule has 23 heavy (non-hydrogen) atoms. The fourth-order valence-corrected chi connectivity index (χ4v) is 3.49. The minimum Gasteiger partial charge on any atom is -0.480 e. The van der Waals surface area contributed by atoms with Gasteiger partial charge in [-0.1, -0.05) is 6.92 Å². The number of rotatable bonds is 6. The summed E-state index contributed by atoms with van der Waals surface area (Å²) < 4.78 is 5.52. The van der Waals surface area contributed by atoms with Crippen molar-refractivity contribution in [2.45, 2.75) is 57.2 Å². The Bertz CT molecular complexity index is 439. The number of hydrogen-bond acceptors (Lipinski definition) is 4. The number of carbonyl (C=O) groups excluding carboxylic acids is 1. The van der Waals surface area contributed by atoms with Gasteiger partial charge in [-0.05, 0) is 39.2 Å². The van der Waals surface area contributed by atoms with Crippen LogP contribution < -0.4 is 5.32 Å². The number of aliphatic carboxylic acids is 1. The molecule has 0 aromatic carbocycles. The van der Waals surface area contributed by atoms with Crippen LogP contribution in [0.3, 0.4) is 0 Å². The molecular formula is C16H29N3O4. The van der Waals surface area contributed by atoms with Crippen LogP contribution in [0.25, 0.3) is 0 Å². The van der Waals surface area contributed by atoms with Crippen LogP contribution in [-0.2, 0) is 9.53 Å². The highest BCUT2D eigenvalue weighted by Gasteiger charge is 2.37. The average Bonchev–Trinajstić information content (AvgIpc) is 2.48. The molecule has 0 spiro atoms. The number of piperidine rings is 1. The van der Waals surface area contributed by atoms with Crippen molar-refractivity contribution < 1.29 is 19.4 Å². The van der Waals surface area contributed by atoms with E-state index in [0.29, 0.717) is 6.54 Å². The van der Waals surface area contributed by atoms with Crippen LogP contribution >= 0.6 is 0 Å². The van der Waals surface area contributed by atoms with Crippen molar-refractivity contribution in [3.63, 3.8) is 0 Å². The van der Waals surface area contributed by atoms with Crippen molar-refractivity contribution in [1.82, 2.24) is 15.1 Å². The summed E-state index contributed by atoms with van der Waals surface area (Å²) >= 11 is 0. The van der Waals surface area contributed by atoms with Crippen molar-refractivity contribution >= 4 is 12.0 Å². The molecule has 7 heteroatoms. The van der Waals surface area contributed by atoms with Gasteiger partial charge in [-0.2, -0.15) is 0 Å². The molecule has 132 valence electrons. The number of carbonyl (C=O) groups is 2. The number of amides is 2. The molecule has 1 saturated heterocycles. The van der Waals surface area contributed by atoms with Crippen molar-refractivity contribution in [1.29, 1.82) is 0 Å². The van der Waals surface area contributed by atoms with E-state index < -0.39 is 5.97 Å². The summed E-state index contributed by atoms with van der Waals surface area (Å²) in [4.78, 5) is 27.0. The Kier molecular flexibility index (Phi) is 5.86. The number of carboxylic acids is 1. The lowest BCUT2D eigenvalue weighted by Crippen LogP contribution is -2.59. The molecule has 2 N–H and O–H groups in total. The Morgan fingerprint density at radius 1 is 1.43 bits per heavy atom. The summed E-state index contributed by atoms with van der Waals surface area (Å²) in [6, 6.07) is 0.371. The Hall–Kier alpha value is -1.34. The second kappa shape index (κ2) is 7.49. The van der Waals surface area contributed by atoms with Crippen LogP contribution in [0.15, 0.2) is 0 Å². The Morgan fingerprint density at radius 3 is 2.70 bits per heavy atom. The van der Waals surface area contributed by atoms with Gasteiger partial charge in [0.25, 0.3) is 0 Å². The number of hydrogen-bond donors (Lipinski definition) is 2.